The number of hydrogen-bond acceptors (Lipinski definition) is 7. The number of ketones is 1. The minimum Gasteiger partial charge on any atom is -0.329 e. The number of carbonyl (C=O) groups is 1. The molecule has 1 aromatic carbocycles. The van der Waals surface area contributed by atoms with Crippen molar-refractivity contribution in [3.05, 3.63) is 58.4 Å². The fraction of sp³-hybridized carbons (Fsp3) is 0.118. The molecule has 0 amide bonds. The van der Waals surface area contributed by atoms with Crippen LogP contribution in [0, 0.1) is 18.3 Å². The Hall–Kier alpha value is -2.89. The summed E-state index contributed by atoms with van der Waals surface area (Å²) in [5.74, 6) is -0.121. The second-order valence-corrected chi connectivity index (χ2v) is 6.39. The Labute approximate surface area is 158 Å². The second kappa shape index (κ2) is 7.56. The van der Waals surface area contributed by atoms with Crippen LogP contribution in [-0.2, 0) is 0 Å². The molecule has 26 heavy (non-hydrogen) atoms. The Balaban J connectivity index is 1.97. The Morgan fingerprint density at radius 1 is 1.38 bits per heavy atom. The lowest BCUT2D eigenvalue weighted by Crippen LogP contribution is -2.09. The molecule has 0 fully saturated rings. The monoisotopic (exact) mass is 384 g/mol. The first-order valence-electron chi connectivity index (χ1n) is 7.48. The molecule has 0 unspecified atom stereocenters. The van der Waals surface area contributed by atoms with Crippen LogP contribution in [0.4, 0.5) is 5.95 Å². The minimum absolute atomic E-state index is 0.0977. The molecule has 3 aromatic rings. The summed E-state index contributed by atoms with van der Waals surface area (Å²) in [6, 6.07) is 10.3. The quantitative estimate of drug-likeness (QED) is 0.311. The Bertz CT molecular complexity index is 1070. The van der Waals surface area contributed by atoms with Gasteiger partial charge in [0.1, 0.15) is 11.6 Å². The average Bonchev–Trinajstić information content (AvgIpc) is 3.02. The second-order valence-electron chi connectivity index (χ2n) is 5.21. The van der Waals surface area contributed by atoms with Crippen LogP contribution in [0.5, 0.6) is 0 Å². The number of nitrogens with one attached hydrogen (secondary N) is 1. The van der Waals surface area contributed by atoms with Crippen LogP contribution in [0.1, 0.15) is 16.1 Å². The van der Waals surface area contributed by atoms with Gasteiger partial charge in [-0.3, -0.25) is 4.79 Å². The van der Waals surface area contributed by atoms with E-state index < -0.39 is 5.78 Å². The van der Waals surface area contributed by atoms with E-state index in [1.165, 1.54) is 22.5 Å². The van der Waals surface area contributed by atoms with Crippen LogP contribution in [0.3, 0.4) is 0 Å². The summed E-state index contributed by atoms with van der Waals surface area (Å²) in [6.07, 6.45) is 3.16. The third kappa shape index (κ3) is 3.54. The number of anilines is 1. The Kier molecular flexibility index (Phi) is 5.21. The third-order valence-corrected chi connectivity index (χ3v) is 4.31. The van der Waals surface area contributed by atoms with Crippen molar-refractivity contribution in [3.8, 4) is 6.07 Å². The van der Waals surface area contributed by atoms with Gasteiger partial charge in [-0.2, -0.15) is 19.9 Å². The Morgan fingerprint density at radius 3 is 2.85 bits per heavy atom. The number of halogens is 1. The predicted octanol–water partition coefficient (Wildman–Crippen LogP) is 3.51. The fourth-order valence-corrected chi connectivity index (χ4v) is 2.83. The fourth-order valence-electron chi connectivity index (χ4n) is 2.24. The molecule has 2 aromatic heterocycles. The van der Waals surface area contributed by atoms with Crippen molar-refractivity contribution in [2.45, 2.75) is 12.1 Å². The van der Waals surface area contributed by atoms with E-state index in [0.717, 1.165) is 5.69 Å². The number of hydrogen-bond donors (Lipinski definition) is 1. The predicted molar refractivity (Wildman–Crippen MR) is 100 cm³/mol. The van der Waals surface area contributed by atoms with E-state index in [-0.39, 0.29) is 16.2 Å². The average molecular weight is 385 g/mol. The molecular formula is C17H13ClN6OS. The zero-order valence-corrected chi connectivity index (χ0v) is 15.5. The summed E-state index contributed by atoms with van der Waals surface area (Å²) in [5.41, 5.74) is 1.56. The van der Waals surface area contributed by atoms with Crippen LogP contribution in [0.15, 0.2) is 47.3 Å². The molecule has 130 valence electrons. The molecule has 0 aliphatic carbocycles. The lowest BCUT2D eigenvalue weighted by atomic mass is 10.1. The molecule has 0 spiro atoms. The number of fused-ring (bicyclic) bond motifs is 1. The molecule has 0 bridgehead atoms. The van der Waals surface area contributed by atoms with Gasteiger partial charge < -0.3 is 5.32 Å². The molecule has 0 saturated carbocycles. The molecule has 0 aliphatic rings. The van der Waals surface area contributed by atoms with Crippen molar-refractivity contribution >= 4 is 40.7 Å². The molecule has 7 nitrogen and oxygen atoms in total. The van der Waals surface area contributed by atoms with Gasteiger partial charge in [-0.05, 0) is 25.3 Å². The number of Topliss-reactive ketones (excluding diaryl/α,β-unsaturated/α-hetero) is 1. The highest BCUT2D eigenvalue weighted by atomic mass is 35.5. The van der Waals surface area contributed by atoms with Gasteiger partial charge in [-0.25, -0.2) is 4.98 Å². The SMILES string of the molecule is CSc1nc(N/C=C(\C#N)C(=O)c2ccccc2Cl)n2nc(C)cc2n1. The number of aromatic nitrogens is 4. The maximum atomic E-state index is 12.5. The number of nitriles is 1. The first kappa shape index (κ1) is 17.9. The molecule has 9 heteroatoms. The number of carbonyl (C=O) groups excluding carboxylic acids is 1. The molecule has 3 rings (SSSR count). The topological polar surface area (TPSA) is 96.0 Å². The van der Waals surface area contributed by atoms with Gasteiger partial charge in [0.25, 0.3) is 0 Å². The standard InChI is InChI=1S/C17H13ClN6OS/c1-10-7-14-21-17(26-2)22-16(24(14)23-10)20-9-11(8-19)15(25)12-5-3-4-6-13(12)18/h3-7,9H,1-2H3,(H,20,21,22)/b11-9+. The van der Waals surface area contributed by atoms with Crippen molar-refractivity contribution in [3.63, 3.8) is 0 Å². The molecule has 0 saturated heterocycles. The highest BCUT2D eigenvalue weighted by molar-refractivity contribution is 7.98. The number of allylic oxidation sites excluding steroid dienone is 1. The van der Waals surface area contributed by atoms with Crippen molar-refractivity contribution in [1.29, 1.82) is 5.26 Å². The number of nitrogens with zero attached hydrogens (tertiary/aromatic N) is 5. The van der Waals surface area contributed by atoms with Crippen LogP contribution >= 0.6 is 23.4 Å². The highest BCUT2D eigenvalue weighted by Crippen LogP contribution is 2.19. The molecule has 1 N–H and O–H groups in total. The number of aryl methyl sites for hydroxylation is 1. The summed E-state index contributed by atoms with van der Waals surface area (Å²) in [6.45, 7) is 1.84. The van der Waals surface area contributed by atoms with Gasteiger partial charge >= 0.3 is 0 Å². The van der Waals surface area contributed by atoms with Gasteiger partial charge in [0.15, 0.2) is 10.8 Å². The summed E-state index contributed by atoms with van der Waals surface area (Å²) in [7, 11) is 0. The van der Waals surface area contributed by atoms with Crippen LogP contribution in [0.25, 0.3) is 5.65 Å². The maximum Gasteiger partial charge on any atom is 0.232 e. The first-order valence-corrected chi connectivity index (χ1v) is 9.08. The minimum atomic E-state index is -0.474. The molecule has 0 atom stereocenters. The molecular weight excluding hydrogens is 372 g/mol. The molecule has 0 radical (unpaired) electrons. The van der Waals surface area contributed by atoms with Gasteiger partial charge in [0, 0.05) is 17.8 Å². The van der Waals surface area contributed by atoms with Gasteiger partial charge in [0.2, 0.25) is 11.7 Å². The zero-order valence-electron chi connectivity index (χ0n) is 13.9. The van der Waals surface area contributed by atoms with E-state index in [9.17, 15) is 10.1 Å². The van der Waals surface area contributed by atoms with Gasteiger partial charge in [-0.1, -0.05) is 35.5 Å². The van der Waals surface area contributed by atoms with Crippen molar-refractivity contribution < 1.29 is 4.79 Å². The van der Waals surface area contributed by atoms with Gasteiger partial charge in [-0.15, -0.1) is 0 Å². The van der Waals surface area contributed by atoms with E-state index in [1.807, 2.05) is 25.3 Å². The van der Waals surface area contributed by atoms with Crippen LogP contribution in [0.2, 0.25) is 5.02 Å². The van der Waals surface area contributed by atoms with Crippen molar-refractivity contribution in [2.75, 3.05) is 11.6 Å². The van der Waals surface area contributed by atoms with E-state index in [2.05, 4.69) is 20.4 Å². The smallest absolute Gasteiger partial charge is 0.232 e. The van der Waals surface area contributed by atoms with Crippen LogP contribution < -0.4 is 5.32 Å². The van der Waals surface area contributed by atoms with E-state index in [1.54, 1.807) is 24.3 Å². The first-order chi connectivity index (χ1) is 12.5. The molecule has 0 aliphatic heterocycles. The summed E-state index contributed by atoms with van der Waals surface area (Å²) in [5, 5.41) is 17.4. The third-order valence-electron chi connectivity index (χ3n) is 3.44. The lowest BCUT2D eigenvalue weighted by molar-refractivity contribution is 0.103. The number of rotatable bonds is 5. The van der Waals surface area contributed by atoms with E-state index in [0.29, 0.717) is 16.8 Å². The highest BCUT2D eigenvalue weighted by Gasteiger charge is 2.16. The van der Waals surface area contributed by atoms with Crippen molar-refractivity contribution in [2.24, 2.45) is 0 Å². The van der Waals surface area contributed by atoms with E-state index >= 15 is 0 Å². The van der Waals surface area contributed by atoms with Crippen molar-refractivity contribution in [1.82, 2.24) is 19.6 Å². The zero-order chi connectivity index (χ0) is 18.7. The van der Waals surface area contributed by atoms with Crippen LogP contribution in [-0.4, -0.2) is 31.6 Å². The summed E-state index contributed by atoms with van der Waals surface area (Å²) >= 11 is 7.42. The summed E-state index contributed by atoms with van der Waals surface area (Å²) in [4.78, 5) is 21.2. The normalized spacial score (nSPS) is 11.4. The number of benzene rings is 1. The lowest BCUT2D eigenvalue weighted by Gasteiger charge is -2.06. The maximum absolute atomic E-state index is 12.5. The Morgan fingerprint density at radius 2 is 2.15 bits per heavy atom. The largest absolute Gasteiger partial charge is 0.329 e. The summed E-state index contributed by atoms with van der Waals surface area (Å²) < 4.78 is 1.51. The molecule has 2 heterocycles. The van der Waals surface area contributed by atoms with E-state index in [4.69, 9.17) is 11.6 Å². The van der Waals surface area contributed by atoms with Gasteiger partial charge in [0.05, 0.1) is 10.7 Å². The number of thioether (sulfide) groups is 1.